The van der Waals surface area contributed by atoms with Crippen molar-refractivity contribution in [3.63, 3.8) is 0 Å². The zero-order valence-corrected chi connectivity index (χ0v) is 37.3. The minimum absolute atomic E-state index is 0.221. The molecule has 0 aromatic heterocycles. The standard InChI is InChI=1S/C46H91O8P/c1-3-5-7-9-11-13-15-17-19-20-21-22-23-24-25-27-29-31-33-35-37-39-41-46(48)54-44(43-53-55(49,50)51)42-52-45(47)40-38-36-34-32-30-28-26-18-16-14-12-10-8-6-4-2/h44H,3-43H2,1-2H3,(H2,49,50,51)/t44-/m1/s1. The van der Waals surface area contributed by atoms with Crippen LogP contribution in [0.5, 0.6) is 0 Å². The maximum Gasteiger partial charge on any atom is 0.469 e. The molecule has 0 heterocycles. The van der Waals surface area contributed by atoms with Gasteiger partial charge in [-0.3, -0.25) is 14.1 Å². The predicted octanol–water partition coefficient (Wildman–Crippen LogP) is 14.8. The summed E-state index contributed by atoms with van der Waals surface area (Å²) in [6.07, 6.45) is 46.9. The summed E-state index contributed by atoms with van der Waals surface area (Å²) in [5.74, 6) is -0.863. The monoisotopic (exact) mass is 803 g/mol. The minimum atomic E-state index is -4.75. The Bertz CT molecular complexity index is 863. The van der Waals surface area contributed by atoms with Gasteiger partial charge in [-0.2, -0.15) is 0 Å². The molecule has 0 aromatic rings. The number of carbonyl (C=O) groups is 2. The first-order valence-electron chi connectivity index (χ1n) is 23.8. The molecule has 328 valence electrons. The molecule has 9 heteroatoms. The van der Waals surface area contributed by atoms with Crippen molar-refractivity contribution >= 4 is 19.8 Å². The Morgan fingerprint density at radius 2 is 0.655 bits per heavy atom. The van der Waals surface area contributed by atoms with Crippen molar-refractivity contribution in [2.45, 2.75) is 270 Å². The van der Waals surface area contributed by atoms with Crippen molar-refractivity contribution in [1.82, 2.24) is 0 Å². The quantitative estimate of drug-likeness (QED) is 0.0355. The van der Waals surface area contributed by atoms with Crippen LogP contribution in [0.15, 0.2) is 0 Å². The van der Waals surface area contributed by atoms with Crippen molar-refractivity contribution in [2.24, 2.45) is 0 Å². The van der Waals surface area contributed by atoms with Crippen LogP contribution in [-0.2, 0) is 28.2 Å². The average Bonchev–Trinajstić information content (AvgIpc) is 3.16. The van der Waals surface area contributed by atoms with E-state index in [2.05, 4.69) is 18.4 Å². The molecule has 0 aromatic carbocycles. The second kappa shape index (κ2) is 42.7. The lowest BCUT2D eigenvalue weighted by molar-refractivity contribution is -0.161. The molecule has 0 bridgehead atoms. The van der Waals surface area contributed by atoms with Crippen LogP contribution in [0.1, 0.15) is 264 Å². The highest BCUT2D eigenvalue weighted by Gasteiger charge is 2.23. The second-order valence-corrected chi connectivity index (χ2v) is 17.7. The van der Waals surface area contributed by atoms with Crippen molar-refractivity contribution in [1.29, 1.82) is 0 Å². The van der Waals surface area contributed by atoms with Crippen LogP contribution in [-0.4, -0.2) is 41.0 Å². The van der Waals surface area contributed by atoms with E-state index in [1.165, 1.54) is 199 Å². The molecule has 0 radical (unpaired) electrons. The van der Waals surface area contributed by atoms with Gasteiger partial charge in [0.15, 0.2) is 6.10 Å². The molecule has 0 saturated heterocycles. The third-order valence-corrected chi connectivity index (χ3v) is 11.4. The molecule has 0 aliphatic heterocycles. The first-order valence-corrected chi connectivity index (χ1v) is 25.4. The fourth-order valence-corrected chi connectivity index (χ4v) is 7.68. The number of ether oxygens (including phenoxy) is 2. The molecule has 0 unspecified atom stereocenters. The zero-order valence-electron chi connectivity index (χ0n) is 36.4. The van der Waals surface area contributed by atoms with E-state index in [0.29, 0.717) is 6.42 Å². The molecule has 0 aliphatic carbocycles. The number of carbonyl (C=O) groups excluding carboxylic acids is 2. The Balaban J connectivity index is 3.77. The SMILES string of the molecule is CCCCCCCCCCCCCCCCCCCCCCCCC(=O)O[C@H](COC(=O)CCCCCCCCCCCCCCCCC)COP(=O)(O)O. The minimum Gasteiger partial charge on any atom is -0.462 e. The van der Waals surface area contributed by atoms with Gasteiger partial charge in [0.2, 0.25) is 0 Å². The topological polar surface area (TPSA) is 119 Å². The third kappa shape index (κ3) is 45.6. The van der Waals surface area contributed by atoms with E-state index < -0.39 is 32.5 Å². The fourth-order valence-electron chi connectivity index (χ4n) is 7.32. The van der Waals surface area contributed by atoms with E-state index in [1.54, 1.807) is 0 Å². The van der Waals surface area contributed by atoms with E-state index in [9.17, 15) is 14.2 Å². The molecule has 0 spiro atoms. The van der Waals surface area contributed by atoms with Crippen LogP contribution >= 0.6 is 7.82 Å². The van der Waals surface area contributed by atoms with Gasteiger partial charge in [-0.05, 0) is 12.8 Å². The van der Waals surface area contributed by atoms with E-state index >= 15 is 0 Å². The third-order valence-electron chi connectivity index (χ3n) is 10.9. The van der Waals surface area contributed by atoms with Gasteiger partial charge < -0.3 is 19.3 Å². The number of hydrogen-bond acceptors (Lipinski definition) is 6. The molecular formula is C46H91O8P. The Labute approximate surface area is 340 Å². The van der Waals surface area contributed by atoms with Crippen LogP contribution in [0.25, 0.3) is 0 Å². The molecule has 2 N–H and O–H groups in total. The van der Waals surface area contributed by atoms with Crippen molar-refractivity contribution in [2.75, 3.05) is 13.2 Å². The van der Waals surface area contributed by atoms with Crippen molar-refractivity contribution in [3.05, 3.63) is 0 Å². The fraction of sp³-hybridized carbons (Fsp3) is 0.957. The molecule has 8 nitrogen and oxygen atoms in total. The smallest absolute Gasteiger partial charge is 0.462 e. The van der Waals surface area contributed by atoms with E-state index in [0.717, 1.165) is 32.1 Å². The lowest BCUT2D eigenvalue weighted by atomic mass is 10.0. The van der Waals surface area contributed by atoms with Crippen LogP contribution in [0.2, 0.25) is 0 Å². The number of unbranched alkanes of at least 4 members (excludes halogenated alkanes) is 35. The highest BCUT2D eigenvalue weighted by Crippen LogP contribution is 2.36. The Kier molecular flexibility index (Phi) is 41.9. The maximum absolute atomic E-state index is 12.4. The zero-order chi connectivity index (χ0) is 40.3. The largest absolute Gasteiger partial charge is 0.469 e. The number of rotatable bonds is 45. The Hall–Kier alpha value is -0.950. The maximum atomic E-state index is 12.4. The number of phosphoric ester groups is 1. The number of esters is 2. The summed E-state index contributed by atoms with van der Waals surface area (Å²) in [7, 11) is -4.75. The van der Waals surface area contributed by atoms with E-state index in [-0.39, 0.29) is 19.4 Å². The molecule has 0 saturated carbocycles. The van der Waals surface area contributed by atoms with Gasteiger partial charge in [0.1, 0.15) is 6.61 Å². The predicted molar refractivity (Wildman–Crippen MR) is 230 cm³/mol. The van der Waals surface area contributed by atoms with Gasteiger partial charge in [0, 0.05) is 12.8 Å². The molecule has 0 aliphatic rings. The Morgan fingerprint density at radius 3 is 0.927 bits per heavy atom. The highest BCUT2D eigenvalue weighted by molar-refractivity contribution is 7.46. The van der Waals surface area contributed by atoms with Crippen LogP contribution in [0.4, 0.5) is 0 Å². The summed E-state index contributed by atoms with van der Waals surface area (Å²) >= 11 is 0. The van der Waals surface area contributed by atoms with Gasteiger partial charge in [-0.1, -0.05) is 239 Å². The van der Waals surface area contributed by atoms with Crippen molar-refractivity contribution < 1.29 is 37.9 Å². The first-order chi connectivity index (χ1) is 26.8. The molecule has 0 fully saturated rings. The lowest BCUT2D eigenvalue weighted by Crippen LogP contribution is -2.29. The van der Waals surface area contributed by atoms with Crippen molar-refractivity contribution in [3.8, 4) is 0 Å². The second-order valence-electron chi connectivity index (χ2n) is 16.5. The molecule has 1 atom stereocenters. The normalized spacial score (nSPS) is 12.3. The highest BCUT2D eigenvalue weighted by atomic mass is 31.2. The summed E-state index contributed by atoms with van der Waals surface area (Å²) < 4.78 is 26.5. The van der Waals surface area contributed by atoms with Crippen LogP contribution in [0, 0.1) is 0 Å². The molecule has 0 rings (SSSR count). The van der Waals surface area contributed by atoms with Crippen LogP contribution < -0.4 is 0 Å². The summed E-state index contributed by atoms with van der Waals surface area (Å²) in [5.41, 5.74) is 0. The van der Waals surface area contributed by atoms with Gasteiger partial charge in [-0.15, -0.1) is 0 Å². The summed E-state index contributed by atoms with van der Waals surface area (Å²) in [4.78, 5) is 43.0. The molecule has 0 amide bonds. The van der Waals surface area contributed by atoms with E-state index in [4.69, 9.17) is 19.3 Å². The molecule has 55 heavy (non-hydrogen) atoms. The number of hydrogen-bond donors (Lipinski definition) is 2. The summed E-state index contributed by atoms with van der Waals surface area (Å²) in [5, 5.41) is 0. The Morgan fingerprint density at radius 1 is 0.400 bits per heavy atom. The summed E-state index contributed by atoms with van der Waals surface area (Å²) in [6, 6.07) is 0. The summed E-state index contributed by atoms with van der Waals surface area (Å²) in [6.45, 7) is 3.74. The first kappa shape index (κ1) is 54.0. The van der Waals surface area contributed by atoms with Crippen LogP contribution in [0.3, 0.4) is 0 Å². The van der Waals surface area contributed by atoms with E-state index in [1.807, 2.05) is 0 Å². The van der Waals surface area contributed by atoms with Gasteiger partial charge in [0.05, 0.1) is 6.61 Å². The van der Waals surface area contributed by atoms with Gasteiger partial charge in [-0.25, -0.2) is 4.57 Å². The molecular weight excluding hydrogens is 711 g/mol. The number of phosphoric acid groups is 1. The average molecular weight is 803 g/mol. The van der Waals surface area contributed by atoms with Gasteiger partial charge in [0.25, 0.3) is 0 Å². The lowest BCUT2D eigenvalue weighted by Gasteiger charge is -2.18. The van der Waals surface area contributed by atoms with Gasteiger partial charge >= 0.3 is 19.8 Å².